The summed E-state index contributed by atoms with van der Waals surface area (Å²) in [5.74, 6) is 1.22. The molecule has 1 aromatic heterocycles. The van der Waals surface area contributed by atoms with E-state index in [1.165, 1.54) is 0 Å². The van der Waals surface area contributed by atoms with Gasteiger partial charge in [-0.3, -0.25) is 0 Å². The van der Waals surface area contributed by atoms with Gasteiger partial charge in [0.25, 0.3) is 0 Å². The quantitative estimate of drug-likeness (QED) is 0.889. The Hall–Kier alpha value is -1.78. The molecule has 2 rings (SSSR count). The number of aromatic nitrogens is 1. The summed E-state index contributed by atoms with van der Waals surface area (Å²) in [6.45, 7) is 1.14. The van der Waals surface area contributed by atoms with E-state index in [1.807, 2.05) is 37.4 Å². The van der Waals surface area contributed by atoms with Crippen molar-refractivity contribution < 1.29 is 9.47 Å². The van der Waals surface area contributed by atoms with Crippen molar-refractivity contribution >= 4 is 11.6 Å². The standard InChI is InChI=1S/C15H17ClN2O2/c1-17-9-11-5-6-14(13(16)8-11)20-10-12-4-3-7-18-15(12)19-2/h3-8,17H,9-10H2,1-2H3. The molecule has 1 N–H and O–H groups in total. The number of halogens is 1. The van der Waals surface area contributed by atoms with Gasteiger partial charge < -0.3 is 14.8 Å². The zero-order chi connectivity index (χ0) is 14.4. The summed E-state index contributed by atoms with van der Waals surface area (Å²) < 4.78 is 10.9. The fraction of sp³-hybridized carbons (Fsp3) is 0.267. The van der Waals surface area contributed by atoms with Crippen LogP contribution in [0.4, 0.5) is 0 Å². The normalized spacial score (nSPS) is 10.3. The van der Waals surface area contributed by atoms with E-state index < -0.39 is 0 Å². The van der Waals surface area contributed by atoms with Gasteiger partial charge in [-0.05, 0) is 36.9 Å². The summed E-state index contributed by atoms with van der Waals surface area (Å²) in [7, 11) is 3.48. The second kappa shape index (κ2) is 7.12. The molecule has 0 saturated heterocycles. The maximum absolute atomic E-state index is 6.21. The van der Waals surface area contributed by atoms with Crippen LogP contribution in [0.5, 0.6) is 11.6 Å². The third-order valence-corrected chi connectivity index (χ3v) is 3.10. The molecule has 2 aromatic rings. The minimum Gasteiger partial charge on any atom is -0.487 e. The molecular weight excluding hydrogens is 276 g/mol. The topological polar surface area (TPSA) is 43.4 Å². The minimum absolute atomic E-state index is 0.363. The van der Waals surface area contributed by atoms with Gasteiger partial charge in [0.2, 0.25) is 5.88 Å². The first-order chi connectivity index (χ1) is 9.74. The van der Waals surface area contributed by atoms with Gasteiger partial charge in [0.15, 0.2) is 0 Å². The summed E-state index contributed by atoms with van der Waals surface area (Å²) in [5.41, 5.74) is 1.99. The highest BCUT2D eigenvalue weighted by Crippen LogP contribution is 2.27. The number of rotatable bonds is 6. The van der Waals surface area contributed by atoms with Crippen LogP contribution in [-0.4, -0.2) is 19.1 Å². The van der Waals surface area contributed by atoms with Crippen molar-refractivity contribution in [2.75, 3.05) is 14.2 Å². The molecule has 106 valence electrons. The highest BCUT2D eigenvalue weighted by molar-refractivity contribution is 6.32. The van der Waals surface area contributed by atoms with Crippen LogP contribution in [0.15, 0.2) is 36.5 Å². The number of hydrogen-bond donors (Lipinski definition) is 1. The van der Waals surface area contributed by atoms with E-state index in [-0.39, 0.29) is 0 Å². The van der Waals surface area contributed by atoms with Crippen LogP contribution in [0.25, 0.3) is 0 Å². The molecule has 0 aliphatic rings. The summed E-state index contributed by atoms with van der Waals surface area (Å²) >= 11 is 6.21. The summed E-state index contributed by atoms with van der Waals surface area (Å²) in [5, 5.41) is 3.68. The lowest BCUT2D eigenvalue weighted by Gasteiger charge is -2.11. The van der Waals surface area contributed by atoms with Gasteiger partial charge in [-0.15, -0.1) is 0 Å². The van der Waals surface area contributed by atoms with E-state index in [2.05, 4.69) is 10.3 Å². The lowest BCUT2D eigenvalue weighted by molar-refractivity contribution is 0.294. The second-order valence-corrected chi connectivity index (χ2v) is 4.66. The Bertz CT molecular complexity index is 576. The largest absolute Gasteiger partial charge is 0.487 e. The highest BCUT2D eigenvalue weighted by atomic mass is 35.5. The zero-order valence-corrected chi connectivity index (χ0v) is 12.3. The molecule has 0 saturated carbocycles. The summed E-state index contributed by atoms with van der Waals surface area (Å²) in [6, 6.07) is 9.51. The van der Waals surface area contributed by atoms with Gasteiger partial charge in [-0.1, -0.05) is 17.7 Å². The van der Waals surface area contributed by atoms with Crippen molar-refractivity contribution in [3.05, 3.63) is 52.7 Å². The molecule has 1 aromatic carbocycles. The Balaban J connectivity index is 2.07. The Morgan fingerprint density at radius 3 is 2.85 bits per heavy atom. The first kappa shape index (κ1) is 14.6. The number of nitrogens with one attached hydrogen (secondary N) is 1. The first-order valence-electron chi connectivity index (χ1n) is 6.28. The molecule has 0 aliphatic heterocycles. The monoisotopic (exact) mass is 292 g/mol. The fourth-order valence-electron chi connectivity index (χ4n) is 1.85. The highest BCUT2D eigenvalue weighted by Gasteiger charge is 2.07. The fourth-order valence-corrected chi connectivity index (χ4v) is 2.11. The number of ether oxygens (including phenoxy) is 2. The van der Waals surface area contributed by atoms with Crippen LogP contribution >= 0.6 is 11.6 Å². The summed E-state index contributed by atoms with van der Waals surface area (Å²) in [6.07, 6.45) is 1.68. The molecule has 0 fully saturated rings. The lowest BCUT2D eigenvalue weighted by atomic mass is 10.2. The van der Waals surface area contributed by atoms with Gasteiger partial charge in [-0.25, -0.2) is 4.98 Å². The molecule has 0 radical (unpaired) electrons. The second-order valence-electron chi connectivity index (χ2n) is 4.26. The number of hydrogen-bond acceptors (Lipinski definition) is 4. The van der Waals surface area contributed by atoms with Crippen molar-refractivity contribution in [1.29, 1.82) is 0 Å². The minimum atomic E-state index is 0.363. The Kier molecular flexibility index (Phi) is 5.21. The SMILES string of the molecule is CNCc1ccc(OCc2cccnc2OC)c(Cl)c1. The molecule has 0 atom stereocenters. The van der Waals surface area contributed by atoms with Crippen LogP contribution in [-0.2, 0) is 13.2 Å². The number of methoxy groups -OCH3 is 1. The number of nitrogens with zero attached hydrogens (tertiary/aromatic N) is 1. The Labute approximate surface area is 123 Å². The van der Waals surface area contributed by atoms with Gasteiger partial charge in [0, 0.05) is 12.7 Å². The molecule has 0 aliphatic carbocycles. The Morgan fingerprint density at radius 1 is 1.30 bits per heavy atom. The van der Waals surface area contributed by atoms with Gasteiger partial charge in [0.05, 0.1) is 17.7 Å². The van der Waals surface area contributed by atoms with Crippen molar-refractivity contribution in [3.8, 4) is 11.6 Å². The predicted molar refractivity (Wildman–Crippen MR) is 79.3 cm³/mol. The van der Waals surface area contributed by atoms with Gasteiger partial charge >= 0.3 is 0 Å². The van der Waals surface area contributed by atoms with Crippen LogP contribution in [0.1, 0.15) is 11.1 Å². The maximum Gasteiger partial charge on any atom is 0.219 e. The first-order valence-corrected chi connectivity index (χ1v) is 6.66. The van der Waals surface area contributed by atoms with Crippen LogP contribution in [0.2, 0.25) is 5.02 Å². The lowest BCUT2D eigenvalue weighted by Crippen LogP contribution is -2.05. The van der Waals surface area contributed by atoms with Gasteiger partial charge in [0.1, 0.15) is 12.4 Å². The van der Waals surface area contributed by atoms with E-state index in [9.17, 15) is 0 Å². The molecule has 0 bridgehead atoms. The molecule has 0 amide bonds. The summed E-state index contributed by atoms with van der Waals surface area (Å²) in [4.78, 5) is 4.13. The van der Waals surface area contributed by atoms with Crippen molar-refractivity contribution in [2.24, 2.45) is 0 Å². The molecule has 0 unspecified atom stereocenters. The number of benzene rings is 1. The van der Waals surface area contributed by atoms with Crippen molar-refractivity contribution in [1.82, 2.24) is 10.3 Å². The molecule has 0 spiro atoms. The van der Waals surface area contributed by atoms with Crippen LogP contribution in [0.3, 0.4) is 0 Å². The van der Waals surface area contributed by atoms with E-state index >= 15 is 0 Å². The maximum atomic E-state index is 6.21. The smallest absolute Gasteiger partial charge is 0.219 e. The third kappa shape index (κ3) is 3.62. The van der Waals surface area contributed by atoms with Crippen LogP contribution < -0.4 is 14.8 Å². The average Bonchev–Trinajstić information content (AvgIpc) is 2.47. The van der Waals surface area contributed by atoms with Crippen molar-refractivity contribution in [3.63, 3.8) is 0 Å². The van der Waals surface area contributed by atoms with Gasteiger partial charge in [-0.2, -0.15) is 0 Å². The van der Waals surface area contributed by atoms with E-state index in [1.54, 1.807) is 13.3 Å². The average molecular weight is 293 g/mol. The third-order valence-electron chi connectivity index (χ3n) is 2.80. The molecule has 1 heterocycles. The molecular formula is C15H17ClN2O2. The molecule has 20 heavy (non-hydrogen) atoms. The zero-order valence-electron chi connectivity index (χ0n) is 11.5. The molecule has 4 nitrogen and oxygen atoms in total. The molecule has 5 heteroatoms. The van der Waals surface area contributed by atoms with E-state index in [0.29, 0.717) is 23.3 Å². The predicted octanol–water partition coefficient (Wildman–Crippen LogP) is 3.04. The van der Waals surface area contributed by atoms with Crippen LogP contribution in [0, 0.1) is 0 Å². The van der Waals surface area contributed by atoms with E-state index in [0.717, 1.165) is 17.7 Å². The van der Waals surface area contributed by atoms with E-state index in [4.69, 9.17) is 21.1 Å². The number of pyridine rings is 1. The van der Waals surface area contributed by atoms with Crippen molar-refractivity contribution in [2.45, 2.75) is 13.2 Å². The Morgan fingerprint density at radius 2 is 2.15 bits per heavy atom.